The summed E-state index contributed by atoms with van der Waals surface area (Å²) in [4.78, 5) is 0. The molecule has 0 saturated heterocycles. The average molecular weight is 167 g/mol. The maximum Gasteiger partial charge on any atom is 0.0470 e. The van der Waals surface area contributed by atoms with E-state index in [0.717, 1.165) is 5.69 Å². The van der Waals surface area contributed by atoms with E-state index in [1.54, 1.807) is 0 Å². The maximum absolute atomic E-state index is 4.01. The zero-order chi connectivity index (χ0) is 8.43. The standard InChI is InChI=1S/C9H13NS/c1-6-4-5-9(10-11)8(3)7(6)2/h4-5,10-11H,1-3H3. The Bertz CT molecular complexity index is 269. The molecule has 60 valence electrons. The fraction of sp³-hybridized carbons (Fsp3) is 0.333. The second kappa shape index (κ2) is 3.18. The van der Waals surface area contributed by atoms with Crippen molar-refractivity contribution in [3.63, 3.8) is 0 Å². The largest absolute Gasteiger partial charge is 0.332 e. The van der Waals surface area contributed by atoms with Crippen LogP contribution >= 0.6 is 12.8 Å². The molecule has 0 fully saturated rings. The first-order valence-electron chi connectivity index (χ1n) is 3.63. The quantitative estimate of drug-likeness (QED) is 0.613. The highest BCUT2D eigenvalue weighted by Crippen LogP contribution is 2.21. The smallest absolute Gasteiger partial charge is 0.0470 e. The molecule has 1 N–H and O–H groups in total. The molecule has 11 heavy (non-hydrogen) atoms. The van der Waals surface area contributed by atoms with Gasteiger partial charge in [0.15, 0.2) is 0 Å². The summed E-state index contributed by atoms with van der Waals surface area (Å²) in [6.45, 7) is 6.34. The highest BCUT2D eigenvalue weighted by atomic mass is 32.1. The van der Waals surface area contributed by atoms with Crippen LogP contribution in [0.3, 0.4) is 0 Å². The molecule has 0 aliphatic carbocycles. The Kier molecular flexibility index (Phi) is 2.45. The molecular weight excluding hydrogens is 154 g/mol. The molecule has 0 saturated carbocycles. The van der Waals surface area contributed by atoms with Crippen LogP contribution < -0.4 is 4.72 Å². The lowest BCUT2D eigenvalue weighted by molar-refractivity contribution is 1.27. The van der Waals surface area contributed by atoms with Gasteiger partial charge in [-0.1, -0.05) is 18.9 Å². The minimum atomic E-state index is 1.09. The molecule has 1 aromatic rings. The molecule has 0 unspecified atom stereocenters. The third kappa shape index (κ3) is 1.51. The van der Waals surface area contributed by atoms with Crippen molar-refractivity contribution in [1.82, 2.24) is 0 Å². The van der Waals surface area contributed by atoms with E-state index in [1.807, 2.05) is 6.07 Å². The normalized spacial score (nSPS) is 9.82. The monoisotopic (exact) mass is 167 g/mol. The molecule has 2 heteroatoms. The van der Waals surface area contributed by atoms with Crippen LogP contribution in [-0.2, 0) is 0 Å². The molecule has 1 aromatic carbocycles. The molecule has 0 aromatic heterocycles. The number of rotatable bonds is 1. The van der Waals surface area contributed by atoms with E-state index in [-0.39, 0.29) is 0 Å². The van der Waals surface area contributed by atoms with Crippen LogP contribution in [-0.4, -0.2) is 0 Å². The first kappa shape index (κ1) is 8.47. The average Bonchev–Trinajstić information content (AvgIpc) is 2.01. The van der Waals surface area contributed by atoms with Gasteiger partial charge >= 0.3 is 0 Å². The predicted octanol–water partition coefficient (Wildman–Crippen LogP) is 2.87. The summed E-state index contributed by atoms with van der Waals surface area (Å²) in [7, 11) is 0. The van der Waals surface area contributed by atoms with Crippen LogP contribution in [0.4, 0.5) is 5.69 Å². The van der Waals surface area contributed by atoms with Crippen molar-refractivity contribution in [2.45, 2.75) is 20.8 Å². The van der Waals surface area contributed by atoms with E-state index < -0.39 is 0 Å². The molecule has 0 radical (unpaired) electrons. The molecule has 0 amide bonds. The highest BCUT2D eigenvalue weighted by molar-refractivity contribution is 7.81. The van der Waals surface area contributed by atoms with E-state index in [4.69, 9.17) is 0 Å². The lowest BCUT2D eigenvalue weighted by Crippen LogP contribution is -1.91. The number of anilines is 1. The van der Waals surface area contributed by atoms with Crippen molar-refractivity contribution in [2.75, 3.05) is 4.72 Å². The van der Waals surface area contributed by atoms with E-state index >= 15 is 0 Å². The molecule has 0 atom stereocenters. The first-order valence-corrected chi connectivity index (χ1v) is 4.08. The van der Waals surface area contributed by atoms with Gasteiger partial charge in [-0.25, -0.2) is 0 Å². The second-order valence-corrected chi connectivity index (χ2v) is 3.02. The zero-order valence-electron chi connectivity index (χ0n) is 7.10. The van der Waals surface area contributed by atoms with Crippen molar-refractivity contribution in [3.8, 4) is 0 Å². The van der Waals surface area contributed by atoms with Crippen LogP contribution in [0.1, 0.15) is 16.7 Å². The van der Waals surface area contributed by atoms with Gasteiger partial charge in [0, 0.05) is 5.69 Å². The number of aryl methyl sites for hydroxylation is 1. The number of nitrogens with one attached hydrogen (secondary N) is 1. The zero-order valence-corrected chi connectivity index (χ0v) is 8.00. The lowest BCUT2D eigenvalue weighted by Gasteiger charge is -2.09. The summed E-state index contributed by atoms with van der Waals surface area (Å²) in [6.07, 6.45) is 0. The van der Waals surface area contributed by atoms with Gasteiger partial charge in [-0.2, -0.15) is 0 Å². The Labute approximate surface area is 73.4 Å². The minimum Gasteiger partial charge on any atom is -0.332 e. The number of hydrogen-bond acceptors (Lipinski definition) is 2. The van der Waals surface area contributed by atoms with Crippen molar-refractivity contribution < 1.29 is 0 Å². The lowest BCUT2D eigenvalue weighted by atomic mass is 10.0. The van der Waals surface area contributed by atoms with Gasteiger partial charge in [0.1, 0.15) is 0 Å². The Balaban J connectivity index is 3.25. The van der Waals surface area contributed by atoms with Gasteiger partial charge in [-0.3, -0.25) is 0 Å². The highest BCUT2D eigenvalue weighted by Gasteiger charge is 2.00. The van der Waals surface area contributed by atoms with E-state index in [1.165, 1.54) is 16.7 Å². The summed E-state index contributed by atoms with van der Waals surface area (Å²) >= 11 is 4.01. The molecule has 0 heterocycles. The van der Waals surface area contributed by atoms with Crippen molar-refractivity contribution in [1.29, 1.82) is 0 Å². The van der Waals surface area contributed by atoms with Gasteiger partial charge in [0.25, 0.3) is 0 Å². The topological polar surface area (TPSA) is 12.0 Å². The van der Waals surface area contributed by atoms with Gasteiger partial charge in [0.2, 0.25) is 0 Å². The third-order valence-corrected chi connectivity index (χ3v) is 2.42. The third-order valence-electron chi connectivity index (χ3n) is 2.18. The second-order valence-electron chi connectivity index (χ2n) is 2.79. The summed E-state index contributed by atoms with van der Waals surface area (Å²) < 4.78 is 2.86. The van der Waals surface area contributed by atoms with Crippen molar-refractivity contribution in [3.05, 3.63) is 28.8 Å². The Morgan fingerprint density at radius 1 is 1.09 bits per heavy atom. The van der Waals surface area contributed by atoms with E-state index in [9.17, 15) is 0 Å². The Morgan fingerprint density at radius 2 is 1.73 bits per heavy atom. The fourth-order valence-electron chi connectivity index (χ4n) is 1.08. The van der Waals surface area contributed by atoms with Crippen LogP contribution in [0.5, 0.6) is 0 Å². The van der Waals surface area contributed by atoms with Crippen LogP contribution in [0.15, 0.2) is 12.1 Å². The van der Waals surface area contributed by atoms with Crippen LogP contribution in [0, 0.1) is 20.8 Å². The van der Waals surface area contributed by atoms with Gasteiger partial charge < -0.3 is 4.72 Å². The molecule has 0 aliphatic heterocycles. The van der Waals surface area contributed by atoms with Gasteiger partial charge in [0.05, 0.1) is 0 Å². The SMILES string of the molecule is Cc1ccc(NS)c(C)c1C. The molecule has 0 spiro atoms. The van der Waals surface area contributed by atoms with Crippen molar-refractivity contribution >= 4 is 18.5 Å². The first-order chi connectivity index (χ1) is 5.16. The van der Waals surface area contributed by atoms with Crippen LogP contribution in [0.2, 0.25) is 0 Å². The summed E-state index contributed by atoms with van der Waals surface area (Å²) in [5.74, 6) is 0. The van der Waals surface area contributed by atoms with Crippen molar-refractivity contribution in [2.24, 2.45) is 0 Å². The predicted molar refractivity (Wildman–Crippen MR) is 53.3 cm³/mol. The Morgan fingerprint density at radius 3 is 2.27 bits per heavy atom. The molecule has 1 nitrogen and oxygen atoms in total. The molecule has 0 aliphatic rings. The molecule has 0 bridgehead atoms. The minimum absolute atomic E-state index is 1.09. The van der Waals surface area contributed by atoms with E-state index in [0.29, 0.717) is 0 Å². The summed E-state index contributed by atoms with van der Waals surface area (Å²) in [5.41, 5.74) is 5.04. The molecular formula is C9H13NS. The van der Waals surface area contributed by atoms with Gasteiger partial charge in [-0.05, 0) is 43.5 Å². The fourth-order valence-corrected chi connectivity index (χ4v) is 1.32. The van der Waals surface area contributed by atoms with E-state index in [2.05, 4.69) is 44.4 Å². The number of thiol groups is 1. The summed E-state index contributed by atoms with van der Waals surface area (Å²) in [5, 5.41) is 0. The number of hydrogen-bond donors (Lipinski definition) is 2. The van der Waals surface area contributed by atoms with Crippen LogP contribution in [0.25, 0.3) is 0 Å². The summed E-state index contributed by atoms with van der Waals surface area (Å²) in [6, 6.07) is 4.14. The number of benzene rings is 1. The maximum atomic E-state index is 4.01. The van der Waals surface area contributed by atoms with Gasteiger partial charge in [-0.15, -0.1) is 0 Å². The molecule has 1 rings (SSSR count). The Hall–Kier alpha value is -0.630.